The molecule has 0 saturated heterocycles. The maximum absolute atomic E-state index is 11.8. The number of alkyl halides is 1. The summed E-state index contributed by atoms with van der Waals surface area (Å²) in [5, 5.41) is 0. The first-order valence-electron chi connectivity index (χ1n) is 6.13. The lowest BCUT2D eigenvalue weighted by Gasteiger charge is -2.42. The molecular weight excluding hydrogens is 224 g/mol. The summed E-state index contributed by atoms with van der Waals surface area (Å²) in [5.41, 5.74) is 0. The van der Waals surface area contributed by atoms with Gasteiger partial charge >= 0.3 is 0 Å². The standard InChI is InChI=1S/C12H23ClN2O/c1-4-15(12(16)9-13)11-8-6-5-7-10(11)14(2)3/h10-11H,4-9H2,1-3H3/t10-,11-/m0/s1. The zero-order valence-electron chi connectivity index (χ0n) is 10.6. The number of likely N-dealkylation sites (N-methyl/N-ethyl adjacent to an activating group) is 2. The zero-order valence-corrected chi connectivity index (χ0v) is 11.3. The van der Waals surface area contributed by atoms with Crippen LogP contribution in [0.25, 0.3) is 0 Å². The first-order chi connectivity index (χ1) is 7.61. The molecule has 1 amide bonds. The fourth-order valence-corrected chi connectivity index (χ4v) is 2.88. The lowest BCUT2D eigenvalue weighted by atomic mass is 9.88. The minimum absolute atomic E-state index is 0.0721. The molecule has 0 spiro atoms. The largest absolute Gasteiger partial charge is 0.337 e. The van der Waals surface area contributed by atoms with E-state index >= 15 is 0 Å². The van der Waals surface area contributed by atoms with Crippen molar-refractivity contribution in [3.8, 4) is 0 Å². The fourth-order valence-electron chi connectivity index (χ4n) is 2.73. The van der Waals surface area contributed by atoms with Crippen LogP contribution in [0.3, 0.4) is 0 Å². The van der Waals surface area contributed by atoms with Crippen LogP contribution in [-0.2, 0) is 4.79 Å². The predicted octanol–water partition coefficient (Wildman–Crippen LogP) is 1.95. The normalized spacial score (nSPS) is 25.8. The minimum atomic E-state index is 0.0721. The van der Waals surface area contributed by atoms with E-state index < -0.39 is 0 Å². The molecule has 3 nitrogen and oxygen atoms in total. The summed E-state index contributed by atoms with van der Waals surface area (Å²) in [5.74, 6) is 0.174. The summed E-state index contributed by atoms with van der Waals surface area (Å²) in [6.07, 6.45) is 4.79. The van der Waals surface area contributed by atoms with Crippen molar-refractivity contribution in [2.45, 2.75) is 44.7 Å². The van der Waals surface area contributed by atoms with E-state index in [1.165, 1.54) is 19.3 Å². The van der Waals surface area contributed by atoms with Gasteiger partial charge in [0.25, 0.3) is 0 Å². The Hall–Kier alpha value is -0.280. The number of hydrogen-bond acceptors (Lipinski definition) is 2. The molecular formula is C12H23ClN2O. The highest BCUT2D eigenvalue weighted by Gasteiger charge is 2.32. The average molecular weight is 247 g/mol. The molecule has 0 unspecified atom stereocenters. The van der Waals surface area contributed by atoms with Crippen molar-refractivity contribution < 1.29 is 4.79 Å². The number of amides is 1. The van der Waals surface area contributed by atoms with Crippen LogP contribution in [0.15, 0.2) is 0 Å². The van der Waals surface area contributed by atoms with E-state index in [1.54, 1.807) is 0 Å². The summed E-state index contributed by atoms with van der Waals surface area (Å²) in [6, 6.07) is 0.834. The van der Waals surface area contributed by atoms with E-state index in [2.05, 4.69) is 19.0 Å². The lowest BCUT2D eigenvalue weighted by Crippen LogP contribution is -2.53. The third-order valence-corrected chi connectivity index (χ3v) is 3.76. The Morgan fingerprint density at radius 1 is 1.25 bits per heavy atom. The molecule has 0 bridgehead atoms. The maximum atomic E-state index is 11.8. The van der Waals surface area contributed by atoms with Crippen LogP contribution in [0, 0.1) is 0 Å². The van der Waals surface area contributed by atoms with Crippen molar-refractivity contribution >= 4 is 17.5 Å². The van der Waals surface area contributed by atoms with Gasteiger partial charge in [-0.25, -0.2) is 0 Å². The van der Waals surface area contributed by atoms with E-state index in [9.17, 15) is 4.79 Å². The maximum Gasteiger partial charge on any atom is 0.237 e. The number of rotatable bonds is 4. The highest BCUT2D eigenvalue weighted by molar-refractivity contribution is 6.27. The number of carbonyl (C=O) groups is 1. The zero-order chi connectivity index (χ0) is 12.1. The monoisotopic (exact) mass is 246 g/mol. The molecule has 0 N–H and O–H groups in total. The van der Waals surface area contributed by atoms with Crippen LogP contribution >= 0.6 is 11.6 Å². The second-order valence-electron chi connectivity index (χ2n) is 4.70. The summed E-state index contributed by atoms with van der Waals surface area (Å²) >= 11 is 5.67. The smallest absolute Gasteiger partial charge is 0.237 e. The van der Waals surface area contributed by atoms with Crippen molar-refractivity contribution in [2.24, 2.45) is 0 Å². The molecule has 1 aliphatic carbocycles. The van der Waals surface area contributed by atoms with Crippen LogP contribution < -0.4 is 0 Å². The van der Waals surface area contributed by atoms with Crippen molar-refractivity contribution in [3.63, 3.8) is 0 Å². The molecule has 4 heteroatoms. The molecule has 1 rings (SSSR count). The highest BCUT2D eigenvalue weighted by atomic mass is 35.5. The molecule has 1 fully saturated rings. The summed E-state index contributed by atoms with van der Waals surface area (Å²) < 4.78 is 0. The van der Waals surface area contributed by atoms with Crippen LogP contribution in [0.4, 0.5) is 0 Å². The number of halogens is 1. The van der Waals surface area contributed by atoms with Gasteiger partial charge in [-0.05, 0) is 33.9 Å². The molecule has 0 heterocycles. The van der Waals surface area contributed by atoms with Gasteiger partial charge < -0.3 is 9.80 Å². The number of carbonyl (C=O) groups excluding carboxylic acids is 1. The Bertz CT molecular complexity index is 233. The van der Waals surface area contributed by atoms with Crippen LogP contribution in [0.5, 0.6) is 0 Å². The molecule has 0 aromatic heterocycles. The van der Waals surface area contributed by atoms with Crippen LogP contribution in [0.1, 0.15) is 32.6 Å². The van der Waals surface area contributed by atoms with Crippen molar-refractivity contribution in [3.05, 3.63) is 0 Å². The summed E-state index contributed by atoms with van der Waals surface area (Å²) in [6.45, 7) is 2.80. The first-order valence-corrected chi connectivity index (χ1v) is 6.67. The third-order valence-electron chi connectivity index (χ3n) is 3.53. The van der Waals surface area contributed by atoms with Crippen molar-refractivity contribution in [1.29, 1.82) is 0 Å². The average Bonchev–Trinajstić information content (AvgIpc) is 2.30. The predicted molar refractivity (Wildman–Crippen MR) is 67.8 cm³/mol. The van der Waals surface area contributed by atoms with Gasteiger partial charge in [0.05, 0.1) is 0 Å². The molecule has 1 saturated carbocycles. The van der Waals surface area contributed by atoms with E-state index in [-0.39, 0.29) is 11.8 Å². The SMILES string of the molecule is CCN(C(=O)CCl)[C@H]1CCCC[C@@H]1N(C)C. The molecule has 94 valence electrons. The number of hydrogen-bond donors (Lipinski definition) is 0. The van der Waals surface area contributed by atoms with Gasteiger partial charge in [0.2, 0.25) is 5.91 Å². The third kappa shape index (κ3) is 3.11. The summed E-state index contributed by atoms with van der Waals surface area (Å²) in [4.78, 5) is 16.0. The molecule has 16 heavy (non-hydrogen) atoms. The number of nitrogens with zero attached hydrogens (tertiary/aromatic N) is 2. The molecule has 0 aliphatic heterocycles. The quantitative estimate of drug-likeness (QED) is 0.708. The van der Waals surface area contributed by atoms with Gasteiger partial charge in [0.15, 0.2) is 0 Å². The van der Waals surface area contributed by atoms with Gasteiger partial charge in [-0.3, -0.25) is 4.79 Å². The Morgan fingerprint density at radius 2 is 1.81 bits per heavy atom. The highest BCUT2D eigenvalue weighted by Crippen LogP contribution is 2.26. The van der Waals surface area contributed by atoms with Crippen molar-refractivity contribution in [2.75, 3.05) is 26.5 Å². The minimum Gasteiger partial charge on any atom is -0.337 e. The van der Waals surface area contributed by atoms with Gasteiger partial charge in [0, 0.05) is 18.6 Å². The first kappa shape index (κ1) is 13.8. The fraction of sp³-hybridized carbons (Fsp3) is 0.917. The second-order valence-corrected chi connectivity index (χ2v) is 4.96. The van der Waals surface area contributed by atoms with E-state index in [0.29, 0.717) is 12.1 Å². The van der Waals surface area contributed by atoms with Crippen molar-refractivity contribution in [1.82, 2.24) is 9.80 Å². The topological polar surface area (TPSA) is 23.6 Å². The van der Waals surface area contributed by atoms with Gasteiger partial charge in [-0.2, -0.15) is 0 Å². The molecule has 0 aromatic carbocycles. The Morgan fingerprint density at radius 3 is 2.25 bits per heavy atom. The Kier molecular flexibility index (Phi) is 5.56. The van der Waals surface area contributed by atoms with E-state index in [4.69, 9.17) is 11.6 Å². The van der Waals surface area contributed by atoms with Gasteiger partial charge in [-0.15, -0.1) is 11.6 Å². The second kappa shape index (κ2) is 6.45. The van der Waals surface area contributed by atoms with E-state index in [1.807, 2.05) is 11.8 Å². The molecule has 0 radical (unpaired) electrons. The van der Waals surface area contributed by atoms with E-state index in [0.717, 1.165) is 13.0 Å². The Balaban J connectivity index is 2.75. The Labute approximate surface area is 104 Å². The molecule has 2 atom stereocenters. The lowest BCUT2D eigenvalue weighted by molar-refractivity contribution is -0.132. The van der Waals surface area contributed by atoms with Crippen LogP contribution in [-0.4, -0.2) is 54.3 Å². The molecule has 0 aromatic rings. The van der Waals surface area contributed by atoms with Gasteiger partial charge in [0.1, 0.15) is 5.88 Å². The van der Waals surface area contributed by atoms with Crippen LogP contribution in [0.2, 0.25) is 0 Å². The molecule has 1 aliphatic rings. The summed E-state index contributed by atoms with van der Waals surface area (Å²) in [7, 11) is 4.20. The van der Waals surface area contributed by atoms with Gasteiger partial charge in [-0.1, -0.05) is 12.8 Å².